The Hall–Kier alpha value is -1.14. The first kappa shape index (κ1) is 14.3. The number of amides is 1. The van der Waals surface area contributed by atoms with Crippen molar-refractivity contribution in [2.24, 2.45) is 0 Å². The standard InChI is InChI=1S/C13H21NO5/c1-9(19-8-10-4-3-7-18-10)12(15)14-6-2-5-11(14)13(16)17/h9-11H,2-8H2,1H3,(H,16,17)/t9-,10+,11-/m0/s1. The molecule has 1 N–H and O–H groups in total. The molecule has 3 atom stereocenters. The highest BCUT2D eigenvalue weighted by molar-refractivity contribution is 5.86. The molecule has 2 aliphatic heterocycles. The summed E-state index contributed by atoms with van der Waals surface area (Å²) in [5.74, 6) is -1.17. The number of rotatable bonds is 5. The van der Waals surface area contributed by atoms with E-state index < -0.39 is 18.1 Å². The average molecular weight is 271 g/mol. The van der Waals surface area contributed by atoms with Crippen LogP contribution in [0, 0.1) is 0 Å². The Morgan fingerprint density at radius 3 is 2.84 bits per heavy atom. The van der Waals surface area contributed by atoms with Crippen molar-refractivity contribution >= 4 is 11.9 Å². The van der Waals surface area contributed by atoms with E-state index in [1.807, 2.05) is 0 Å². The lowest BCUT2D eigenvalue weighted by atomic mass is 10.2. The van der Waals surface area contributed by atoms with Gasteiger partial charge in [0.15, 0.2) is 0 Å². The Bertz CT molecular complexity index is 340. The third kappa shape index (κ3) is 3.45. The lowest BCUT2D eigenvalue weighted by molar-refractivity contribution is -0.154. The van der Waals surface area contributed by atoms with Gasteiger partial charge in [-0.2, -0.15) is 0 Å². The molecule has 1 amide bonds. The Balaban J connectivity index is 1.82. The van der Waals surface area contributed by atoms with E-state index in [4.69, 9.17) is 14.6 Å². The fraction of sp³-hybridized carbons (Fsp3) is 0.846. The van der Waals surface area contributed by atoms with E-state index in [0.717, 1.165) is 25.9 Å². The Labute approximate surface area is 112 Å². The van der Waals surface area contributed by atoms with E-state index in [2.05, 4.69) is 0 Å². The van der Waals surface area contributed by atoms with Crippen LogP contribution in [-0.4, -0.2) is 59.9 Å². The average Bonchev–Trinajstić information content (AvgIpc) is 3.05. The van der Waals surface area contributed by atoms with Gasteiger partial charge >= 0.3 is 5.97 Å². The van der Waals surface area contributed by atoms with Crippen molar-refractivity contribution in [2.75, 3.05) is 19.8 Å². The van der Waals surface area contributed by atoms with Gasteiger partial charge in [-0.25, -0.2) is 4.79 Å². The van der Waals surface area contributed by atoms with Crippen LogP contribution in [0.1, 0.15) is 32.6 Å². The quantitative estimate of drug-likeness (QED) is 0.794. The van der Waals surface area contributed by atoms with Crippen molar-refractivity contribution in [1.82, 2.24) is 4.90 Å². The van der Waals surface area contributed by atoms with Crippen LogP contribution in [0.5, 0.6) is 0 Å². The molecule has 6 nitrogen and oxygen atoms in total. The molecule has 0 radical (unpaired) electrons. The topological polar surface area (TPSA) is 76.1 Å². The SMILES string of the molecule is C[C@H](OC[C@H]1CCCO1)C(=O)N1CCC[C@H]1C(=O)O. The van der Waals surface area contributed by atoms with Gasteiger partial charge in [0.05, 0.1) is 12.7 Å². The van der Waals surface area contributed by atoms with Gasteiger partial charge < -0.3 is 19.5 Å². The van der Waals surface area contributed by atoms with Gasteiger partial charge in [-0.1, -0.05) is 0 Å². The van der Waals surface area contributed by atoms with Crippen LogP contribution in [0.15, 0.2) is 0 Å². The molecule has 6 heteroatoms. The van der Waals surface area contributed by atoms with Gasteiger partial charge in [-0.15, -0.1) is 0 Å². The molecule has 0 spiro atoms. The normalized spacial score (nSPS) is 28.6. The summed E-state index contributed by atoms with van der Waals surface area (Å²) >= 11 is 0. The summed E-state index contributed by atoms with van der Waals surface area (Å²) in [4.78, 5) is 24.6. The van der Waals surface area contributed by atoms with Crippen LogP contribution in [0.4, 0.5) is 0 Å². The smallest absolute Gasteiger partial charge is 0.326 e. The molecule has 2 saturated heterocycles. The number of carbonyl (C=O) groups excluding carboxylic acids is 1. The predicted octanol–water partition coefficient (Wildman–Crippen LogP) is 0.646. The second kappa shape index (κ2) is 6.34. The molecule has 0 aliphatic carbocycles. The first-order chi connectivity index (χ1) is 9.09. The van der Waals surface area contributed by atoms with Gasteiger partial charge in [0, 0.05) is 13.2 Å². The number of likely N-dealkylation sites (tertiary alicyclic amines) is 1. The monoisotopic (exact) mass is 271 g/mol. The number of carbonyl (C=O) groups is 2. The summed E-state index contributed by atoms with van der Waals surface area (Å²) in [5, 5.41) is 9.06. The number of aliphatic carboxylic acids is 1. The summed E-state index contributed by atoms with van der Waals surface area (Å²) in [7, 11) is 0. The molecule has 2 rings (SSSR count). The van der Waals surface area contributed by atoms with Crippen LogP contribution >= 0.6 is 0 Å². The minimum absolute atomic E-state index is 0.0732. The van der Waals surface area contributed by atoms with E-state index in [-0.39, 0.29) is 12.0 Å². The zero-order valence-electron chi connectivity index (χ0n) is 11.2. The molecule has 0 aromatic carbocycles. The summed E-state index contributed by atoms with van der Waals surface area (Å²) in [6, 6.07) is -0.693. The number of ether oxygens (including phenoxy) is 2. The molecule has 2 fully saturated rings. The fourth-order valence-electron chi connectivity index (χ4n) is 2.62. The van der Waals surface area contributed by atoms with Gasteiger partial charge in [0.1, 0.15) is 12.1 Å². The summed E-state index contributed by atoms with van der Waals surface area (Å²) in [6.07, 6.45) is 2.72. The highest BCUT2D eigenvalue weighted by Crippen LogP contribution is 2.20. The molecule has 2 heterocycles. The van der Waals surface area contributed by atoms with E-state index in [9.17, 15) is 9.59 Å². The van der Waals surface area contributed by atoms with Crippen molar-refractivity contribution in [3.63, 3.8) is 0 Å². The molecule has 19 heavy (non-hydrogen) atoms. The van der Waals surface area contributed by atoms with Gasteiger partial charge in [0.2, 0.25) is 0 Å². The minimum Gasteiger partial charge on any atom is -0.480 e. The molecule has 108 valence electrons. The highest BCUT2D eigenvalue weighted by atomic mass is 16.5. The van der Waals surface area contributed by atoms with E-state index >= 15 is 0 Å². The predicted molar refractivity (Wildman–Crippen MR) is 66.8 cm³/mol. The van der Waals surface area contributed by atoms with Crippen LogP contribution in [0.25, 0.3) is 0 Å². The molecule has 0 saturated carbocycles. The van der Waals surface area contributed by atoms with Crippen molar-refractivity contribution in [2.45, 2.75) is 50.9 Å². The van der Waals surface area contributed by atoms with E-state index in [0.29, 0.717) is 19.6 Å². The molecule has 2 aliphatic rings. The second-order valence-electron chi connectivity index (χ2n) is 5.14. The maximum atomic E-state index is 12.2. The van der Waals surface area contributed by atoms with Crippen LogP contribution in [-0.2, 0) is 19.1 Å². The van der Waals surface area contributed by atoms with Crippen LogP contribution < -0.4 is 0 Å². The molecular weight excluding hydrogens is 250 g/mol. The van der Waals surface area contributed by atoms with Crippen molar-refractivity contribution < 1.29 is 24.2 Å². The maximum absolute atomic E-state index is 12.2. The van der Waals surface area contributed by atoms with Crippen LogP contribution in [0.3, 0.4) is 0 Å². The van der Waals surface area contributed by atoms with E-state index in [1.165, 1.54) is 4.90 Å². The van der Waals surface area contributed by atoms with Crippen molar-refractivity contribution in [3.05, 3.63) is 0 Å². The molecule has 0 aromatic rings. The minimum atomic E-state index is -0.933. The van der Waals surface area contributed by atoms with Gasteiger partial charge in [0.25, 0.3) is 5.91 Å². The van der Waals surface area contributed by atoms with Gasteiger partial charge in [-0.3, -0.25) is 4.79 Å². The molecule has 0 bridgehead atoms. The fourth-order valence-corrected chi connectivity index (χ4v) is 2.62. The Morgan fingerprint density at radius 2 is 2.21 bits per heavy atom. The summed E-state index contributed by atoms with van der Waals surface area (Å²) in [5.41, 5.74) is 0. The third-order valence-corrected chi connectivity index (χ3v) is 3.72. The first-order valence-corrected chi connectivity index (χ1v) is 6.86. The number of nitrogens with zero attached hydrogens (tertiary/aromatic N) is 1. The summed E-state index contributed by atoms with van der Waals surface area (Å²) < 4.78 is 10.9. The van der Waals surface area contributed by atoms with Gasteiger partial charge in [-0.05, 0) is 32.6 Å². The largest absolute Gasteiger partial charge is 0.480 e. The lowest BCUT2D eigenvalue weighted by Gasteiger charge is -2.25. The second-order valence-corrected chi connectivity index (χ2v) is 5.14. The molecule has 0 unspecified atom stereocenters. The zero-order valence-corrected chi connectivity index (χ0v) is 11.2. The maximum Gasteiger partial charge on any atom is 0.326 e. The van der Waals surface area contributed by atoms with E-state index in [1.54, 1.807) is 6.92 Å². The first-order valence-electron chi connectivity index (χ1n) is 6.86. The third-order valence-electron chi connectivity index (χ3n) is 3.72. The van der Waals surface area contributed by atoms with Crippen molar-refractivity contribution in [1.29, 1.82) is 0 Å². The number of carboxylic acid groups (broad SMARTS) is 1. The number of carboxylic acids is 1. The molecular formula is C13H21NO5. The lowest BCUT2D eigenvalue weighted by Crippen LogP contribution is -2.45. The number of hydrogen-bond acceptors (Lipinski definition) is 4. The Morgan fingerprint density at radius 1 is 1.42 bits per heavy atom. The Kier molecular flexibility index (Phi) is 4.76. The van der Waals surface area contributed by atoms with Crippen molar-refractivity contribution in [3.8, 4) is 0 Å². The highest BCUT2D eigenvalue weighted by Gasteiger charge is 2.36. The summed E-state index contributed by atoms with van der Waals surface area (Å²) in [6.45, 7) is 3.33. The molecule has 0 aromatic heterocycles. The van der Waals surface area contributed by atoms with Crippen LogP contribution in [0.2, 0.25) is 0 Å². The number of hydrogen-bond donors (Lipinski definition) is 1. The zero-order chi connectivity index (χ0) is 13.8.